The van der Waals surface area contributed by atoms with Gasteiger partial charge in [0.2, 0.25) is 0 Å². The predicted octanol–water partition coefficient (Wildman–Crippen LogP) is 1.96. The standard InChI is InChI=1S/C10H18N2O/c1-7-8(2)13-9(12-7)5-6-10(3,4)11/h5-6,11H2,1-4H3. The molecule has 0 spiro atoms. The van der Waals surface area contributed by atoms with Gasteiger partial charge in [0.15, 0.2) is 5.89 Å². The molecule has 0 atom stereocenters. The van der Waals surface area contributed by atoms with Crippen molar-refractivity contribution in [2.75, 3.05) is 0 Å². The van der Waals surface area contributed by atoms with Gasteiger partial charge in [-0.05, 0) is 34.1 Å². The molecular weight excluding hydrogens is 164 g/mol. The van der Waals surface area contributed by atoms with Crippen LogP contribution < -0.4 is 5.73 Å². The zero-order valence-corrected chi connectivity index (χ0v) is 8.85. The monoisotopic (exact) mass is 182 g/mol. The Labute approximate surface area is 79.3 Å². The molecular formula is C10H18N2O. The summed E-state index contributed by atoms with van der Waals surface area (Å²) >= 11 is 0. The van der Waals surface area contributed by atoms with Crippen LogP contribution in [0.4, 0.5) is 0 Å². The number of hydrogen-bond acceptors (Lipinski definition) is 3. The third-order valence-electron chi connectivity index (χ3n) is 2.06. The average molecular weight is 182 g/mol. The van der Waals surface area contributed by atoms with Crippen LogP contribution in [0.15, 0.2) is 4.42 Å². The van der Waals surface area contributed by atoms with Gasteiger partial charge in [0.25, 0.3) is 0 Å². The molecule has 0 saturated carbocycles. The summed E-state index contributed by atoms with van der Waals surface area (Å²) in [5.41, 5.74) is 6.69. The highest BCUT2D eigenvalue weighted by Gasteiger charge is 2.13. The Morgan fingerprint density at radius 3 is 2.38 bits per heavy atom. The van der Waals surface area contributed by atoms with E-state index in [1.54, 1.807) is 0 Å². The fourth-order valence-corrected chi connectivity index (χ4v) is 1.08. The minimum atomic E-state index is -0.143. The van der Waals surface area contributed by atoms with Gasteiger partial charge in [-0.25, -0.2) is 4.98 Å². The molecule has 13 heavy (non-hydrogen) atoms. The first-order chi connectivity index (χ1) is 5.88. The van der Waals surface area contributed by atoms with Crippen LogP contribution in [-0.2, 0) is 6.42 Å². The second kappa shape index (κ2) is 3.50. The van der Waals surface area contributed by atoms with Crippen LogP contribution in [0.1, 0.15) is 37.6 Å². The van der Waals surface area contributed by atoms with E-state index in [0.29, 0.717) is 0 Å². The van der Waals surface area contributed by atoms with Crippen molar-refractivity contribution in [2.24, 2.45) is 5.73 Å². The molecule has 0 aliphatic heterocycles. The summed E-state index contributed by atoms with van der Waals surface area (Å²) in [5.74, 6) is 1.71. The maximum atomic E-state index is 5.86. The summed E-state index contributed by atoms with van der Waals surface area (Å²) in [6.07, 6.45) is 1.71. The zero-order chi connectivity index (χ0) is 10.1. The molecule has 0 bridgehead atoms. The highest BCUT2D eigenvalue weighted by Crippen LogP contribution is 2.13. The molecule has 0 aliphatic rings. The molecule has 0 unspecified atom stereocenters. The van der Waals surface area contributed by atoms with Gasteiger partial charge in [-0.2, -0.15) is 0 Å². The van der Waals surface area contributed by atoms with Crippen molar-refractivity contribution in [3.63, 3.8) is 0 Å². The quantitative estimate of drug-likeness (QED) is 0.777. The van der Waals surface area contributed by atoms with Gasteiger partial charge < -0.3 is 10.2 Å². The van der Waals surface area contributed by atoms with Crippen molar-refractivity contribution >= 4 is 0 Å². The first-order valence-electron chi connectivity index (χ1n) is 4.60. The molecule has 3 nitrogen and oxygen atoms in total. The van der Waals surface area contributed by atoms with Crippen LogP contribution in [0.3, 0.4) is 0 Å². The van der Waals surface area contributed by atoms with E-state index in [9.17, 15) is 0 Å². The van der Waals surface area contributed by atoms with Crippen LogP contribution in [0, 0.1) is 13.8 Å². The van der Waals surface area contributed by atoms with E-state index in [-0.39, 0.29) is 5.54 Å². The normalized spacial score (nSPS) is 12.1. The molecule has 3 heteroatoms. The van der Waals surface area contributed by atoms with E-state index >= 15 is 0 Å². The molecule has 1 heterocycles. The molecule has 0 fully saturated rings. The number of rotatable bonds is 3. The van der Waals surface area contributed by atoms with E-state index in [4.69, 9.17) is 10.2 Å². The molecule has 0 aliphatic carbocycles. The predicted molar refractivity (Wildman–Crippen MR) is 52.6 cm³/mol. The minimum Gasteiger partial charge on any atom is -0.446 e. The first kappa shape index (κ1) is 10.3. The maximum absolute atomic E-state index is 5.86. The Bertz CT molecular complexity index is 264. The summed E-state index contributed by atoms with van der Waals surface area (Å²) in [5, 5.41) is 0. The largest absolute Gasteiger partial charge is 0.446 e. The van der Waals surface area contributed by atoms with Gasteiger partial charge in [-0.3, -0.25) is 0 Å². The summed E-state index contributed by atoms with van der Waals surface area (Å²) in [7, 11) is 0. The van der Waals surface area contributed by atoms with E-state index in [1.165, 1.54) is 0 Å². The SMILES string of the molecule is Cc1nc(CCC(C)(C)N)oc1C. The van der Waals surface area contributed by atoms with Crippen LogP contribution in [-0.4, -0.2) is 10.5 Å². The molecule has 0 amide bonds. The Balaban J connectivity index is 2.56. The molecule has 1 rings (SSSR count). The van der Waals surface area contributed by atoms with Crippen molar-refractivity contribution in [3.05, 3.63) is 17.3 Å². The third-order valence-corrected chi connectivity index (χ3v) is 2.06. The van der Waals surface area contributed by atoms with E-state index in [2.05, 4.69) is 4.98 Å². The lowest BCUT2D eigenvalue weighted by Crippen LogP contribution is -2.32. The summed E-state index contributed by atoms with van der Waals surface area (Å²) in [6, 6.07) is 0. The van der Waals surface area contributed by atoms with Crippen molar-refractivity contribution < 1.29 is 4.42 Å². The number of hydrogen-bond donors (Lipinski definition) is 1. The second-order valence-electron chi connectivity index (χ2n) is 4.24. The van der Waals surface area contributed by atoms with Crippen LogP contribution in [0.25, 0.3) is 0 Å². The number of nitrogens with two attached hydrogens (primary N) is 1. The van der Waals surface area contributed by atoms with Crippen molar-refractivity contribution in [1.82, 2.24) is 4.98 Å². The van der Waals surface area contributed by atoms with Crippen LogP contribution in [0.2, 0.25) is 0 Å². The van der Waals surface area contributed by atoms with E-state index < -0.39 is 0 Å². The molecule has 0 saturated heterocycles. The van der Waals surface area contributed by atoms with Crippen molar-refractivity contribution in [3.8, 4) is 0 Å². The molecule has 2 N–H and O–H groups in total. The first-order valence-corrected chi connectivity index (χ1v) is 4.60. The minimum absolute atomic E-state index is 0.143. The Hall–Kier alpha value is -0.830. The molecule has 1 aromatic heterocycles. The van der Waals surface area contributed by atoms with Gasteiger partial charge >= 0.3 is 0 Å². The topological polar surface area (TPSA) is 52.0 Å². The van der Waals surface area contributed by atoms with E-state index in [1.807, 2.05) is 27.7 Å². The zero-order valence-electron chi connectivity index (χ0n) is 8.85. The summed E-state index contributed by atoms with van der Waals surface area (Å²) < 4.78 is 5.44. The van der Waals surface area contributed by atoms with Gasteiger partial charge in [-0.1, -0.05) is 0 Å². The van der Waals surface area contributed by atoms with Crippen molar-refractivity contribution in [2.45, 2.75) is 46.1 Å². The second-order valence-corrected chi connectivity index (χ2v) is 4.24. The number of aryl methyl sites for hydroxylation is 3. The lowest BCUT2D eigenvalue weighted by atomic mass is 10.0. The summed E-state index contributed by atoms with van der Waals surface area (Å²) in [6.45, 7) is 7.90. The molecule has 1 aromatic rings. The van der Waals surface area contributed by atoms with Gasteiger partial charge in [-0.15, -0.1) is 0 Å². The number of nitrogens with zero attached hydrogens (tertiary/aromatic N) is 1. The third kappa shape index (κ3) is 3.19. The van der Waals surface area contributed by atoms with Crippen LogP contribution in [0.5, 0.6) is 0 Å². The molecule has 0 aromatic carbocycles. The average Bonchev–Trinajstić information content (AvgIpc) is 2.27. The fraction of sp³-hybridized carbons (Fsp3) is 0.700. The summed E-state index contributed by atoms with van der Waals surface area (Å²) in [4.78, 5) is 4.29. The fourth-order valence-electron chi connectivity index (χ4n) is 1.08. The van der Waals surface area contributed by atoms with Gasteiger partial charge in [0.05, 0.1) is 5.69 Å². The number of oxazole rings is 1. The van der Waals surface area contributed by atoms with E-state index in [0.717, 1.165) is 30.2 Å². The molecule has 74 valence electrons. The molecule has 0 radical (unpaired) electrons. The highest BCUT2D eigenvalue weighted by atomic mass is 16.4. The maximum Gasteiger partial charge on any atom is 0.194 e. The lowest BCUT2D eigenvalue weighted by Gasteiger charge is -2.16. The van der Waals surface area contributed by atoms with Crippen molar-refractivity contribution in [1.29, 1.82) is 0 Å². The Morgan fingerprint density at radius 2 is 2.00 bits per heavy atom. The Morgan fingerprint density at radius 1 is 1.38 bits per heavy atom. The number of aromatic nitrogens is 1. The highest BCUT2D eigenvalue weighted by molar-refractivity contribution is 5.05. The van der Waals surface area contributed by atoms with Gasteiger partial charge in [0.1, 0.15) is 5.76 Å². The van der Waals surface area contributed by atoms with Crippen LogP contribution >= 0.6 is 0 Å². The lowest BCUT2D eigenvalue weighted by molar-refractivity contribution is 0.415. The Kier molecular flexibility index (Phi) is 2.76. The van der Waals surface area contributed by atoms with Gasteiger partial charge in [0, 0.05) is 12.0 Å². The smallest absolute Gasteiger partial charge is 0.194 e.